The van der Waals surface area contributed by atoms with E-state index >= 15 is 0 Å². The van der Waals surface area contributed by atoms with Crippen molar-refractivity contribution in [2.75, 3.05) is 5.32 Å². The van der Waals surface area contributed by atoms with Gasteiger partial charge in [0.15, 0.2) is 5.69 Å². The van der Waals surface area contributed by atoms with Gasteiger partial charge in [0.25, 0.3) is 0 Å². The van der Waals surface area contributed by atoms with E-state index in [4.69, 9.17) is 5.11 Å². The van der Waals surface area contributed by atoms with Crippen LogP contribution >= 0.6 is 0 Å². The van der Waals surface area contributed by atoms with Crippen LogP contribution in [0.15, 0.2) is 18.2 Å². The van der Waals surface area contributed by atoms with Crippen molar-refractivity contribution in [3.05, 3.63) is 23.9 Å². The zero-order valence-electron chi connectivity index (χ0n) is 9.80. The number of nitrogens with zero attached hydrogens (tertiary/aromatic N) is 1. The van der Waals surface area contributed by atoms with Gasteiger partial charge in [-0.25, -0.2) is 9.78 Å². The number of carbonyl (C=O) groups is 2. The summed E-state index contributed by atoms with van der Waals surface area (Å²) in [7, 11) is 0. The monoisotopic (exact) mass is 246 g/mol. The first-order valence-electron chi connectivity index (χ1n) is 6.18. The van der Waals surface area contributed by atoms with Crippen LogP contribution in [0.5, 0.6) is 0 Å². The number of hydrogen-bond donors (Lipinski definition) is 2. The average molecular weight is 246 g/mol. The van der Waals surface area contributed by atoms with Crippen LogP contribution in [0.4, 0.5) is 5.82 Å². The Labute approximate surface area is 104 Å². The predicted octanol–water partition coefficient (Wildman–Crippen LogP) is 1.76. The molecule has 5 nitrogen and oxygen atoms in total. The van der Waals surface area contributed by atoms with Crippen molar-refractivity contribution in [1.29, 1.82) is 0 Å². The number of pyridine rings is 1. The molecule has 2 aliphatic rings. The minimum atomic E-state index is -1.09. The van der Waals surface area contributed by atoms with Crippen molar-refractivity contribution >= 4 is 17.7 Å². The van der Waals surface area contributed by atoms with E-state index in [1.165, 1.54) is 12.5 Å². The molecule has 94 valence electrons. The molecule has 0 radical (unpaired) electrons. The lowest BCUT2D eigenvalue weighted by molar-refractivity contribution is -0.118. The lowest BCUT2D eigenvalue weighted by Gasteiger charge is -2.06. The molecule has 0 saturated heterocycles. The van der Waals surface area contributed by atoms with Gasteiger partial charge in [-0.1, -0.05) is 12.5 Å². The molecule has 2 unspecified atom stereocenters. The van der Waals surface area contributed by atoms with Gasteiger partial charge >= 0.3 is 5.97 Å². The van der Waals surface area contributed by atoms with Crippen LogP contribution in [0.25, 0.3) is 0 Å². The van der Waals surface area contributed by atoms with Crippen molar-refractivity contribution in [2.45, 2.75) is 19.3 Å². The molecule has 3 rings (SSSR count). The van der Waals surface area contributed by atoms with E-state index in [0.29, 0.717) is 17.7 Å². The van der Waals surface area contributed by atoms with Gasteiger partial charge in [0, 0.05) is 5.92 Å². The van der Waals surface area contributed by atoms with Gasteiger partial charge in [0.1, 0.15) is 5.82 Å². The molecule has 2 fully saturated rings. The highest BCUT2D eigenvalue weighted by molar-refractivity contribution is 5.95. The van der Waals surface area contributed by atoms with Gasteiger partial charge < -0.3 is 10.4 Å². The number of fused-ring (bicyclic) bond motifs is 1. The summed E-state index contributed by atoms with van der Waals surface area (Å²) >= 11 is 0. The van der Waals surface area contributed by atoms with Crippen LogP contribution in [0.3, 0.4) is 0 Å². The highest BCUT2D eigenvalue weighted by Gasteiger charge is 2.56. The molecule has 0 aliphatic heterocycles. The molecule has 1 amide bonds. The highest BCUT2D eigenvalue weighted by Crippen LogP contribution is 2.57. The van der Waals surface area contributed by atoms with E-state index in [2.05, 4.69) is 10.3 Å². The van der Waals surface area contributed by atoms with Crippen molar-refractivity contribution < 1.29 is 14.7 Å². The third-order valence-corrected chi connectivity index (χ3v) is 3.93. The number of amides is 1. The van der Waals surface area contributed by atoms with E-state index < -0.39 is 5.97 Å². The molecule has 2 saturated carbocycles. The van der Waals surface area contributed by atoms with E-state index in [9.17, 15) is 9.59 Å². The van der Waals surface area contributed by atoms with E-state index in [1.807, 2.05) is 0 Å². The first-order valence-corrected chi connectivity index (χ1v) is 6.18. The topological polar surface area (TPSA) is 79.3 Å². The van der Waals surface area contributed by atoms with Gasteiger partial charge in [0.2, 0.25) is 5.91 Å². The Morgan fingerprint density at radius 2 is 2.00 bits per heavy atom. The van der Waals surface area contributed by atoms with Crippen LogP contribution < -0.4 is 5.32 Å². The minimum Gasteiger partial charge on any atom is -0.477 e. The lowest BCUT2D eigenvalue weighted by Crippen LogP contribution is -2.18. The Kier molecular flexibility index (Phi) is 2.54. The summed E-state index contributed by atoms with van der Waals surface area (Å²) in [6, 6.07) is 4.60. The molecule has 2 atom stereocenters. The molecule has 2 N–H and O–H groups in total. The normalized spacial score (nSPS) is 28.6. The van der Waals surface area contributed by atoms with E-state index in [-0.39, 0.29) is 17.5 Å². The Hall–Kier alpha value is -1.91. The molecule has 1 aromatic rings. The second-order valence-corrected chi connectivity index (χ2v) is 4.99. The first kappa shape index (κ1) is 11.2. The minimum absolute atomic E-state index is 0.0141. The molecule has 18 heavy (non-hydrogen) atoms. The molecular formula is C13H14N2O3. The molecular weight excluding hydrogens is 232 g/mol. The third kappa shape index (κ3) is 1.85. The predicted molar refractivity (Wildman–Crippen MR) is 64.1 cm³/mol. The summed E-state index contributed by atoms with van der Waals surface area (Å²) < 4.78 is 0. The van der Waals surface area contributed by atoms with Gasteiger partial charge in [-0.05, 0) is 36.8 Å². The number of hydrogen-bond acceptors (Lipinski definition) is 3. The van der Waals surface area contributed by atoms with Crippen LogP contribution in [-0.2, 0) is 4.79 Å². The number of carboxylic acid groups (broad SMARTS) is 1. The fraction of sp³-hybridized carbons (Fsp3) is 0.462. The second-order valence-electron chi connectivity index (χ2n) is 4.99. The first-order chi connectivity index (χ1) is 8.66. The standard InChI is InChI=1S/C13H14N2O3/c16-12(11-7-3-1-4-8(7)11)15-10-6-2-5-9(14-10)13(17)18/h2,5-8,11H,1,3-4H2,(H,17,18)(H,14,15,16). The summed E-state index contributed by atoms with van der Waals surface area (Å²) in [6.07, 6.45) is 3.52. The molecule has 5 heteroatoms. The summed E-state index contributed by atoms with van der Waals surface area (Å²) in [5.41, 5.74) is -0.0520. The van der Waals surface area contributed by atoms with Crippen molar-refractivity contribution in [1.82, 2.24) is 4.98 Å². The summed E-state index contributed by atoms with van der Waals surface area (Å²) in [6.45, 7) is 0. The van der Waals surface area contributed by atoms with Gasteiger partial charge in [0.05, 0.1) is 0 Å². The average Bonchev–Trinajstić information content (AvgIpc) is 2.84. The third-order valence-electron chi connectivity index (χ3n) is 3.93. The maximum Gasteiger partial charge on any atom is 0.354 e. The SMILES string of the molecule is O=C(O)c1cccc(NC(=O)C2C3CCCC32)n1. The fourth-order valence-corrected chi connectivity index (χ4v) is 3.04. The van der Waals surface area contributed by atoms with E-state index in [0.717, 1.165) is 12.8 Å². The van der Waals surface area contributed by atoms with Gasteiger partial charge in [-0.15, -0.1) is 0 Å². The van der Waals surface area contributed by atoms with Crippen LogP contribution in [-0.4, -0.2) is 22.0 Å². The Balaban J connectivity index is 1.67. The zero-order chi connectivity index (χ0) is 12.7. The number of carboxylic acids is 1. The maximum atomic E-state index is 12.0. The van der Waals surface area contributed by atoms with Crippen LogP contribution in [0.1, 0.15) is 29.8 Å². The smallest absolute Gasteiger partial charge is 0.354 e. The molecule has 1 heterocycles. The second kappa shape index (κ2) is 4.08. The molecule has 0 bridgehead atoms. The Bertz CT molecular complexity index is 505. The number of carbonyl (C=O) groups excluding carboxylic acids is 1. The van der Waals surface area contributed by atoms with Crippen molar-refractivity contribution in [3.8, 4) is 0 Å². The number of aromatic carboxylic acids is 1. The van der Waals surface area contributed by atoms with Crippen LogP contribution in [0, 0.1) is 17.8 Å². The molecule has 0 spiro atoms. The number of nitrogens with one attached hydrogen (secondary N) is 1. The van der Waals surface area contributed by atoms with Crippen molar-refractivity contribution in [2.24, 2.45) is 17.8 Å². The lowest BCUT2D eigenvalue weighted by atomic mass is 10.1. The number of rotatable bonds is 3. The zero-order valence-corrected chi connectivity index (χ0v) is 9.80. The maximum absolute atomic E-state index is 12.0. The van der Waals surface area contributed by atoms with Gasteiger partial charge in [-0.3, -0.25) is 4.79 Å². The molecule has 1 aromatic heterocycles. The summed E-state index contributed by atoms with van der Waals surface area (Å²) in [4.78, 5) is 26.6. The number of anilines is 1. The fourth-order valence-electron chi connectivity index (χ4n) is 3.04. The summed E-state index contributed by atoms with van der Waals surface area (Å²) in [5, 5.41) is 11.5. The molecule has 2 aliphatic carbocycles. The molecule has 0 aromatic carbocycles. The van der Waals surface area contributed by atoms with E-state index in [1.54, 1.807) is 12.1 Å². The quantitative estimate of drug-likeness (QED) is 0.851. The number of aromatic nitrogens is 1. The van der Waals surface area contributed by atoms with Gasteiger partial charge in [-0.2, -0.15) is 0 Å². The Morgan fingerprint density at radius 3 is 2.67 bits per heavy atom. The largest absolute Gasteiger partial charge is 0.477 e. The van der Waals surface area contributed by atoms with Crippen LogP contribution in [0.2, 0.25) is 0 Å². The summed E-state index contributed by atoms with van der Waals surface area (Å²) in [5.74, 6) is 0.438. The Morgan fingerprint density at radius 1 is 1.28 bits per heavy atom. The highest BCUT2D eigenvalue weighted by atomic mass is 16.4. The van der Waals surface area contributed by atoms with Crippen molar-refractivity contribution in [3.63, 3.8) is 0 Å².